The minimum Gasteiger partial charge on any atom is -0.323 e. The molecule has 0 bridgehead atoms. The van der Waals surface area contributed by atoms with Gasteiger partial charge in [-0.15, -0.1) is 0 Å². The molecule has 0 amide bonds. The first kappa shape index (κ1) is 18.2. The summed E-state index contributed by atoms with van der Waals surface area (Å²) in [7, 11) is 0. The lowest BCUT2D eigenvalue weighted by Crippen LogP contribution is -2.34. The Morgan fingerprint density at radius 1 is 0.960 bits per heavy atom. The smallest absolute Gasteiger partial charge is 0.0974 e. The van der Waals surface area contributed by atoms with E-state index in [-0.39, 0.29) is 10.8 Å². The summed E-state index contributed by atoms with van der Waals surface area (Å²) in [6, 6.07) is 12.9. The van der Waals surface area contributed by atoms with Crippen LogP contribution in [-0.2, 0) is 10.8 Å². The van der Waals surface area contributed by atoms with Crippen LogP contribution in [0.3, 0.4) is 0 Å². The maximum Gasteiger partial charge on any atom is 0.0974 e. The second kappa shape index (κ2) is 6.28. The quantitative estimate of drug-likeness (QED) is 0.386. The molecular formula is C22H27BrN2. The van der Waals surface area contributed by atoms with Crippen molar-refractivity contribution >= 4 is 21.6 Å². The first-order valence-electron chi connectivity index (χ1n) is 8.85. The van der Waals surface area contributed by atoms with E-state index in [9.17, 15) is 0 Å². The molecule has 1 aliphatic carbocycles. The number of nitrogens with two attached hydrogens (primary N) is 1. The van der Waals surface area contributed by atoms with Crippen molar-refractivity contribution in [3.63, 3.8) is 0 Å². The van der Waals surface area contributed by atoms with Crippen LogP contribution >= 0.6 is 15.9 Å². The SMILES string of the molecule is Cc1cc2c(cc1/C(=N/N)c1ccc(Br)cc1)C(C)(C)CCC2(C)C. The summed E-state index contributed by atoms with van der Waals surface area (Å²) in [5.74, 6) is 5.82. The van der Waals surface area contributed by atoms with Crippen molar-refractivity contribution in [3.8, 4) is 0 Å². The zero-order valence-corrected chi connectivity index (χ0v) is 17.4. The van der Waals surface area contributed by atoms with Crippen LogP contribution < -0.4 is 5.84 Å². The third-order valence-corrected chi connectivity index (χ3v) is 6.23. The van der Waals surface area contributed by atoms with Gasteiger partial charge in [-0.3, -0.25) is 0 Å². The van der Waals surface area contributed by atoms with Gasteiger partial charge in [0, 0.05) is 15.6 Å². The molecule has 1 aliphatic rings. The van der Waals surface area contributed by atoms with Gasteiger partial charge < -0.3 is 5.84 Å². The molecule has 0 atom stereocenters. The predicted molar refractivity (Wildman–Crippen MR) is 110 cm³/mol. The van der Waals surface area contributed by atoms with E-state index >= 15 is 0 Å². The molecule has 2 N–H and O–H groups in total. The van der Waals surface area contributed by atoms with E-state index in [1.165, 1.54) is 29.5 Å². The second-order valence-electron chi connectivity index (χ2n) is 8.47. The molecule has 0 spiro atoms. The fourth-order valence-electron chi connectivity index (χ4n) is 3.88. The van der Waals surface area contributed by atoms with Gasteiger partial charge in [-0.05, 0) is 65.5 Å². The fourth-order valence-corrected chi connectivity index (χ4v) is 4.15. The Balaban J connectivity index is 2.19. The monoisotopic (exact) mass is 398 g/mol. The number of hydrazone groups is 1. The van der Waals surface area contributed by atoms with Gasteiger partial charge in [-0.1, -0.05) is 61.8 Å². The van der Waals surface area contributed by atoms with Crippen LogP contribution in [0.15, 0.2) is 46.0 Å². The number of benzene rings is 2. The molecule has 0 saturated heterocycles. The molecule has 3 rings (SSSR count). The van der Waals surface area contributed by atoms with E-state index in [1.807, 2.05) is 12.1 Å². The van der Waals surface area contributed by atoms with Crippen LogP contribution in [0.25, 0.3) is 0 Å². The molecule has 0 fully saturated rings. The average Bonchev–Trinajstić information content (AvgIpc) is 2.55. The lowest BCUT2D eigenvalue weighted by Gasteiger charge is -2.42. The molecule has 0 aromatic heterocycles. The van der Waals surface area contributed by atoms with Crippen LogP contribution in [0.2, 0.25) is 0 Å². The van der Waals surface area contributed by atoms with E-state index in [2.05, 4.69) is 79.9 Å². The van der Waals surface area contributed by atoms with E-state index in [0.29, 0.717) is 0 Å². The summed E-state index contributed by atoms with van der Waals surface area (Å²) >= 11 is 3.49. The highest BCUT2D eigenvalue weighted by Crippen LogP contribution is 2.46. The molecule has 2 nitrogen and oxygen atoms in total. The van der Waals surface area contributed by atoms with E-state index in [0.717, 1.165) is 21.3 Å². The van der Waals surface area contributed by atoms with E-state index < -0.39 is 0 Å². The second-order valence-corrected chi connectivity index (χ2v) is 9.38. The number of aryl methyl sites for hydroxylation is 1. The average molecular weight is 399 g/mol. The number of rotatable bonds is 2. The van der Waals surface area contributed by atoms with Crippen LogP contribution in [0.5, 0.6) is 0 Å². The fraction of sp³-hybridized carbons (Fsp3) is 0.409. The van der Waals surface area contributed by atoms with Crippen molar-refractivity contribution < 1.29 is 0 Å². The van der Waals surface area contributed by atoms with Gasteiger partial charge in [0.05, 0.1) is 5.71 Å². The van der Waals surface area contributed by atoms with Gasteiger partial charge in [0.25, 0.3) is 0 Å². The first-order chi connectivity index (χ1) is 11.7. The Morgan fingerprint density at radius 3 is 2.00 bits per heavy atom. The molecule has 0 radical (unpaired) electrons. The lowest BCUT2D eigenvalue weighted by atomic mass is 9.62. The number of hydrogen-bond donors (Lipinski definition) is 1. The Kier molecular flexibility index (Phi) is 4.57. The zero-order valence-electron chi connectivity index (χ0n) is 15.8. The zero-order chi connectivity index (χ0) is 18.4. The summed E-state index contributed by atoms with van der Waals surface area (Å²) < 4.78 is 1.05. The molecule has 3 heteroatoms. The van der Waals surface area contributed by atoms with E-state index in [4.69, 9.17) is 5.84 Å². The van der Waals surface area contributed by atoms with Crippen molar-refractivity contribution in [2.45, 2.75) is 58.3 Å². The topological polar surface area (TPSA) is 38.4 Å². The molecule has 25 heavy (non-hydrogen) atoms. The van der Waals surface area contributed by atoms with Crippen LogP contribution in [-0.4, -0.2) is 5.71 Å². The maximum atomic E-state index is 5.82. The molecule has 0 saturated carbocycles. The summed E-state index contributed by atoms with van der Waals surface area (Å²) in [6.07, 6.45) is 2.42. The number of hydrogen-bond acceptors (Lipinski definition) is 2. The minimum atomic E-state index is 0.173. The Bertz CT molecular complexity index is 830. The Morgan fingerprint density at radius 2 is 1.48 bits per heavy atom. The van der Waals surface area contributed by atoms with Crippen LogP contribution in [0.1, 0.15) is 68.4 Å². The molecule has 0 unspecified atom stereocenters. The highest BCUT2D eigenvalue weighted by Gasteiger charge is 2.37. The minimum absolute atomic E-state index is 0.173. The largest absolute Gasteiger partial charge is 0.323 e. The predicted octanol–water partition coefficient (Wildman–Crippen LogP) is 5.82. The van der Waals surface area contributed by atoms with Crippen molar-refractivity contribution in [2.75, 3.05) is 0 Å². The number of fused-ring (bicyclic) bond motifs is 1. The molecular weight excluding hydrogens is 372 g/mol. The molecule has 0 heterocycles. The Labute approximate surface area is 159 Å². The summed E-state index contributed by atoms with van der Waals surface area (Å²) in [5, 5.41) is 4.15. The highest BCUT2D eigenvalue weighted by atomic mass is 79.9. The highest BCUT2D eigenvalue weighted by molar-refractivity contribution is 9.10. The Hall–Kier alpha value is -1.61. The molecule has 2 aromatic rings. The normalized spacial score (nSPS) is 18.7. The van der Waals surface area contributed by atoms with Crippen molar-refractivity contribution in [3.05, 3.63) is 68.7 Å². The van der Waals surface area contributed by atoms with Gasteiger partial charge in [-0.2, -0.15) is 5.10 Å². The standard InChI is InChI=1S/C22H27BrN2/c1-14-12-18-19(22(4,5)11-10-21(18,2)3)13-17(14)20(25-24)15-6-8-16(23)9-7-15/h6-9,12-13H,10-11,24H2,1-5H3/b25-20+. The van der Waals surface area contributed by atoms with Gasteiger partial charge in [0.15, 0.2) is 0 Å². The van der Waals surface area contributed by atoms with Gasteiger partial charge >= 0.3 is 0 Å². The van der Waals surface area contributed by atoms with Crippen LogP contribution in [0, 0.1) is 6.92 Å². The number of nitrogens with zero attached hydrogens (tertiary/aromatic N) is 1. The lowest BCUT2D eigenvalue weighted by molar-refractivity contribution is 0.331. The number of halogens is 1. The molecule has 2 aromatic carbocycles. The maximum absolute atomic E-state index is 5.82. The van der Waals surface area contributed by atoms with Crippen LogP contribution in [0.4, 0.5) is 0 Å². The van der Waals surface area contributed by atoms with Gasteiger partial charge in [-0.25, -0.2) is 0 Å². The van der Waals surface area contributed by atoms with E-state index in [1.54, 1.807) is 0 Å². The van der Waals surface area contributed by atoms with Gasteiger partial charge in [0.1, 0.15) is 0 Å². The van der Waals surface area contributed by atoms with Crippen molar-refractivity contribution in [2.24, 2.45) is 10.9 Å². The summed E-state index contributed by atoms with van der Waals surface area (Å²) in [4.78, 5) is 0. The summed E-state index contributed by atoms with van der Waals surface area (Å²) in [6.45, 7) is 11.6. The van der Waals surface area contributed by atoms with Crippen molar-refractivity contribution in [1.82, 2.24) is 0 Å². The molecule has 132 valence electrons. The third-order valence-electron chi connectivity index (χ3n) is 5.70. The molecule has 0 aliphatic heterocycles. The van der Waals surface area contributed by atoms with Gasteiger partial charge in [0.2, 0.25) is 0 Å². The first-order valence-corrected chi connectivity index (χ1v) is 9.65. The summed E-state index contributed by atoms with van der Waals surface area (Å²) in [5.41, 5.74) is 7.55. The van der Waals surface area contributed by atoms with Crippen molar-refractivity contribution in [1.29, 1.82) is 0 Å². The third kappa shape index (κ3) is 3.27.